The number of aromatic amines is 1. The zero-order valence-electron chi connectivity index (χ0n) is 16.6. The van der Waals surface area contributed by atoms with Gasteiger partial charge in [-0.3, -0.25) is 9.59 Å². The molecule has 5 nitrogen and oxygen atoms in total. The van der Waals surface area contributed by atoms with Crippen LogP contribution in [0.25, 0.3) is 10.9 Å². The summed E-state index contributed by atoms with van der Waals surface area (Å²) in [7, 11) is 0. The van der Waals surface area contributed by atoms with Crippen LogP contribution in [0, 0.1) is 0 Å². The number of amides is 2. The Morgan fingerprint density at radius 1 is 1.00 bits per heavy atom. The molecular formula is C24H24ClN3O2. The van der Waals surface area contributed by atoms with E-state index in [1.165, 1.54) is 18.4 Å². The van der Waals surface area contributed by atoms with Gasteiger partial charge in [0.1, 0.15) is 5.69 Å². The summed E-state index contributed by atoms with van der Waals surface area (Å²) in [6, 6.07) is 14.2. The highest BCUT2D eigenvalue weighted by Gasteiger charge is 2.20. The Morgan fingerprint density at radius 3 is 2.57 bits per heavy atom. The number of halogens is 1. The van der Waals surface area contributed by atoms with E-state index in [0.717, 1.165) is 30.2 Å². The van der Waals surface area contributed by atoms with Gasteiger partial charge < -0.3 is 15.6 Å². The third kappa shape index (κ3) is 4.57. The van der Waals surface area contributed by atoms with Crippen LogP contribution >= 0.6 is 11.6 Å². The highest BCUT2D eigenvalue weighted by atomic mass is 35.5. The van der Waals surface area contributed by atoms with Crippen molar-refractivity contribution >= 4 is 40.0 Å². The van der Waals surface area contributed by atoms with Crippen LogP contribution in [-0.2, 0) is 0 Å². The molecule has 2 aromatic carbocycles. The predicted molar refractivity (Wildman–Crippen MR) is 121 cm³/mol. The molecule has 0 radical (unpaired) electrons. The fraction of sp³-hybridized carbons (Fsp3) is 0.250. The van der Waals surface area contributed by atoms with Gasteiger partial charge >= 0.3 is 0 Å². The van der Waals surface area contributed by atoms with Crippen LogP contribution < -0.4 is 10.6 Å². The normalized spacial score (nSPS) is 13.7. The number of hydrogen-bond donors (Lipinski definition) is 3. The van der Waals surface area contributed by atoms with Crippen molar-refractivity contribution in [1.82, 2.24) is 10.3 Å². The number of hydrogen-bond acceptors (Lipinski definition) is 2. The summed E-state index contributed by atoms with van der Waals surface area (Å²) in [5.74, 6) is -0.521. The fourth-order valence-corrected chi connectivity index (χ4v) is 3.91. The lowest BCUT2D eigenvalue weighted by atomic mass is 9.97. The molecule has 0 spiro atoms. The topological polar surface area (TPSA) is 74.0 Å². The summed E-state index contributed by atoms with van der Waals surface area (Å²) in [4.78, 5) is 28.8. The van der Waals surface area contributed by atoms with Crippen LogP contribution in [0.5, 0.6) is 0 Å². The molecule has 0 saturated heterocycles. The minimum atomic E-state index is -0.294. The second kappa shape index (κ2) is 9.18. The van der Waals surface area contributed by atoms with Gasteiger partial charge in [0, 0.05) is 28.0 Å². The fourth-order valence-electron chi connectivity index (χ4n) is 3.79. The number of rotatable bonds is 6. The molecule has 0 fully saturated rings. The molecule has 1 aliphatic carbocycles. The van der Waals surface area contributed by atoms with Crippen LogP contribution in [0.3, 0.4) is 0 Å². The van der Waals surface area contributed by atoms with E-state index in [0.29, 0.717) is 28.5 Å². The Bertz CT molecular complexity index is 1100. The van der Waals surface area contributed by atoms with Crippen LogP contribution in [0.2, 0.25) is 5.02 Å². The SMILES string of the molecule is O=C(Nc1c(C(=O)NCCC2=CCCCC2)[nH]c2ccccc12)c1ccc(Cl)cc1. The highest BCUT2D eigenvalue weighted by Crippen LogP contribution is 2.28. The van der Waals surface area contributed by atoms with Crippen LogP contribution in [0.4, 0.5) is 5.69 Å². The minimum absolute atomic E-state index is 0.228. The zero-order valence-corrected chi connectivity index (χ0v) is 17.4. The van der Waals surface area contributed by atoms with Gasteiger partial charge in [-0.1, -0.05) is 41.4 Å². The van der Waals surface area contributed by atoms with Crippen molar-refractivity contribution in [3.63, 3.8) is 0 Å². The maximum atomic E-state index is 12.9. The van der Waals surface area contributed by atoms with E-state index in [9.17, 15) is 9.59 Å². The number of carbonyl (C=O) groups is 2. The van der Waals surface area contributed by atoms with Crippen LogP contribution in [0.1, 0.15) is 53.0 Å². The number of aromatic nitrogens is 1. The number of benzene rings is 2. The lowest BCUT2D eigenvalue weighted by molar-refractivity contribution is 0.0951. The standard InChI is InChI=1S/C24H24ClN3O2/c25-18-12-10-17(11-13-18)23(29)28-21-19-8-4-5-9-20(19)27-22(21)24(30)26-15-14-16-6-2-1-3-7-16/h4-6,8-13,27H,1-3,7,14-15H2,(H,26,30)(H,28,29). The molecule has 3 aromatic rings. The third-order valence-electron chi connectivity index (χ3n) is 5.39. The maximum Gasteiger partial charge on any atom is 0.269 e. The van der Waals surface area contributed by atoms with Crippen molar-refractivity contribution in [2.45, 2.75) is 32.1 Å². The van der Waals surface area contributed by atoms with Gasteiger partial charge in [-0.15, -0.1) is 0 Å². The average molecular weight is 422 g/mol. The van der Waals surface area contributed by atoms with E-state index in [1.54, 1.807) is 24.3 Å². The Balaban J connectivity index is 1.53. The van der Waals surface area contributed by atoms with E-state index in [2.05, 4.69) is 21.7 Å². The first-order chi connectivity index (χ1) is 14.6. The molecule has 2 amide bonds. The summed E-state index contributed by atoms with van der Waals surface area (Å²) in [6.07, 6.45) is 7.87. The van der Waals surface area contributed by atoms with Gasteiger partial charge in [-0.2, -0.15) is 0 Å². The number of para-hydroxylation sites is 1. The number of H-pyrrole nitrogens is 1. The van der Waals surface area contributed by atoms with Gasteiger partial charge in [0.25, 0.3) is 11.8 Å². The predicted octanol–water partition coefficient (Wildman–Crippen LogP) is 5.69. The number of allylic oxidation sites excluding steroid dienone is 1. The van der Waals surface area contributed by atoms with Gasteiger partial charge in [-0.25, -0.2) is 0 Å². The lowest BCUT2D eigenvalue weighted by Crippen LogP contribution is -2.26. The van der Waals surface area contributed by atoms with E-state index in [4.69, 9.17) is 11.6 Å². The van der Waals surface area contributed by atoms with Crippen molar-refractivity contribution < 1.29 is 9.59 Å². The zero-order chi connectivity index (χ0) is 20.9. The molecule has 1 heterocycles. The monoisotopic (exact) mass is 421 g/mol. The van der Waals surface area contributed by atoms with Crippen LogP contribution in [0.15, 0.2) is 60.2 Å². The van der Waals surface area contributed by atoms with Gasteiger partial charge in [-0.05, 0) is 62.4 Å². The number of carbonyl (C=O) groups excluding carboxylic acids is 2. The second-order valence-electron chi connectivity index (χ2n) is 7.50. The smallest absolute Gasteiger partial charge is 0.269 e. The van der Waals surface area contributed by atoms with Crippen molar-refractivity contribution in [3.8, 4) is 0 Å². The Morgan fingerprint density at radius 2 is 1.80 bits per heavy atom. The maximum absolute atomic E-state index is 12.9. The summed E-state index contributed by atoms with van der Waals surface area (Å²) >= 11 is 5.91. The van der Waals surface area contributed by atoms with Crippen molar-refractivity contribution in [1.29, 1.82) is 0 Å². The van der Waals surface area contributed by atoms with E-state index >= 15 is 0 Å². The van der Waals surface area contributed by atoms with Gasteiger partial charge in [0.2, 0.25) is 0 Å². The molecule has 0 bridgehead atoms. The first kappa shape index (κ1) is 20.2. The molecule has 3 N–H and O–H groups in total. The molecule has 6 heteroatoms. The summed E-state index contributed by atoms with van der Waals surface area (Å²) in [5, 5.41) is 7.25. The van der Waals surface area contributed by atoms with Crippen molar-refractivity contribution in [2.75, 3.05) is 11.9 Å². The minimum Gasteiger partial charge on any atom is -0.350 e. The number of anilines is 1. The van der Waals surface area contributed by atoms with E-state index < -0.39 is 0 Å². The Kier molecular flexibility index (Phi) is 6.19. The van der Waals surface area contributed by atoms with E-state index in [1.807, 2.05) is 24.3 Å². The Hall–Kier alpha value is -3.05. The largest absolute Gasteiger partial charge is 0.350 e. The van der Waals surface area contributed by atoms with Gasteiger partial charge in [0.05, 0.1) is 5.69 Å². The molecular weight excluding hydrogens is 398 g/mol. The molecule has 1 aromatic heterocycles. The van der Waals surface area contributed by atoms with Crippen LogP contribution in [-0.4, -0.2) is 23.3 Å². The quantitative estimate of drug-likeness (QED) is 0.447. The molecule has 0 atom stereocenters. The molecule has 4 rings (SSSR count). The summed E-state index contributed by atoms with van der Waals surface area (Å²) in [6.45, 7) is 0.574. The lowest BCUT2D eigenvalue weighted by Gasteiger charge is -2.13. The van der Waals surface area contributed by atoms with E-state index in [-0.39, 0.29) is 11.8 Å². The first-order valence-electron chi connectivity index (χ1n) is 10.3. The molecule has 0 aliphatic heterocycles. The third-order valence-corrected chi connectivity index (χ3v) is 5.65. The molecule has 154 valence electrons. The highest BCUT2D eigenvalue weighted by molar-refractivity contribution is 6.30. The first-order valence-corrected chi connectivity index (χ1v) is 10.6. The molecule has 1 aliphatic rings. The number of fused-ring (bicyclic) bond motifs is 1. The van der Waals surface area contributed by atoms with Crippen molar-refractivity contribution in [2.24, 2.45) is 0 Å². The summed E-state index contributed by atoms with van der Waals surface area (Å²) < 4.78 is 0. The molecule has 30 heavy (non-hydrogen) atoms. The average Bonchev–Trinajstić information content (AvgIpc) is 3.13. The van der Waals surface area contributed by atoms with Gasteiger partial charge in [0.15, 0.2) is 0 Å². The summed E-state index contributed by atoms with van der Waals surface area (Å²) in [5.41, 5.74) is 3.52. The van der Waals surface area contributed by atoms with Crippen molar-refractivity contribution in [3.05, 3.63) is 76.5 Å². The second-order valence-corrected chi connectivity index (χ2v) is 7.93. The molecule has 0 unspecified atom stereocenters. The Labute approximate surface area is 180 Å². The molecule has 0 saturated carbocycles. The number of nitrogens with one attached hydrogen (secondary N) is 3.